The first-order valence-electron chi connectivity index (χ1n) is 10.4. The number of primary amides is 1. The van der Waals surface area contributed by atoms with E-state index in [9.17, 15) is 23.9 Å². The molecule has 0 saturated carbocycles. The van der Waals surface area contributed by atoms with Gasteiger partial charge in [-0.3, -0.25) is 9.88 Å². The molecule has 2 heterocycles. The Morgan fingerprint density at radius 3 is 2.61 bits per heavy atom. The number of halogens is 1. The van der Waals surface area contributed by atoms with Crippen LogP contribution in [0.2, 0.25) is 0 Å². The quantitative estimate of drug-likeness (QED) is 0.471. The summed E-state index contributed by atoms with van der Waals surface area (Å²) >= 11 is 0. The number of aromatic carboxylic acids is 1. The zero-order valence-corrected chi connectivity index (χ0v) is 17.9. The molecule has 2 atom stereocenters. The molecule has 1 aromatic heterocycles. The van der Waals surface area contributed by atoms with Gasteiger partial charge in [0.25, 0.3) is 0 Å². The van der Waals surface area contributed by atoms with Crippen LogP contribution in [-0.4, -0.2) is 51.0 Å². The Balaban J connectivity index is 1.57. The van der Waals surface area contributed by atoms with E-state index in [1.807, 2.05) is 0 Å². The maximum absolute atomic E-state index is 14.4. The van der Waals surface area contributed by atoms with Gasteiger partial charge in [0, 0.05) is 24.5 Å². The highest BCUT2D eigenvalue weighted by Crippen LogP contribution is 2.32. The first kappa shape index (κ1) is 22.3. The topological polar surface area (TPSA) is 130 Å². The summed E-state index contributed by atoms with van der Waals surface area (Å²) in [6.07, 6.45) is 0.218. The summed E-state index contributed by atoms with van der Waals surface area (Å²) in [6.45, 7) is 1.70. The third-order valence-corrected chi connectivity index (χ3v) is 5.94. The number of nitrogens with one attached hydrogen (secondary N) is 2. The Morgan fingerprint density at radius 1 is 1.18 bits per heavy atom. The first-order chi connectivity index (χ1) is 15.7. The van der Waals surface area contributed by atoms with Crippen LogP contribution >= 0.6 is 0 Å². The Labute approximate surface area is 189 Å². The Hall–Kier alpha value is -3.92. The van der Waals surface area contributed by atoms with Crippen LogP contribution in [0.1, 0.15) is 29.3 Å². The number of carboxylic acids is 1. The van der Waals surface area contributed by atoms with Crippen molar-refractivity contribution < 1.29 is 23.9 Å². The number of hydrogen-bond acceptors (Lipinski definition) is 4. The lowest BCUT2D eigenvalue weighted by atomic mass is 10.1. The maximum Gasteiger partial charge on any atom is 0.336 e. The van der Waals surface area contributed by atoms with Crippen molar-refractivity contribution in [3.05, 3.63) is 65.9 Å². The molecule has 0 aliphatic carbocycles. The number of anilines is 1. The highest BCUT2D eigenvalue weighted by atomic mass is 19.1. The number of para-hydroxylation sites is 1. The van der Waals surface area contributed by atoms with Crippen LogP contribution in [0.5, 0.6) is 0 Å². The molecule has 4 rings (SSSR count). The van der Waals surface area contributed by atoms with E-state index in [2.05, 4.69) is 10.6 Å². The van der Waals surface area contributed by atoms with Gasteiger partial charge in [-0.25, -0.2) is 18.8 Å². The van der Waals surface area contributed by atoms with E-state index in [-0.39, 0.29) is 25.1 Å². The first-order valence-corrected chi connectivity index (χ1v) is 10.4. The summed E-state index contributed by atoms with van der Waals surface area (Å²) in [7, 11) is 0. The molecular weight excluding hydrogens is 429 g/mol. The van der Waals surface area contributed by atoms with E-state index in [1.165, 1.54) is 21.7 Å². The number of rotatable bonds is 5. The van der Waals surface area contributed by atoms with Gasteiger partial charge in [0.15, 0.2) is 0 Å². The molecule has 9 nitrogen and oxygen atoms in total. The SMILES string of the molecule is C[C@]1(NCc2ccccc2C(=O)O)C[C@@H](F)CN1C(=O)Nc1cn(C(N)=O)c2ccccc12. The number of nitrogens with zero attached hydrogens (tertiary/aromatic N) is 2. The molecule has 5 N–H and O–H groups in total. The van der Waals surface area contributed by atoms with E-state index in [4.69, 9.17) is 5.73 Å². The second-order valence-electron chi connectivity index (χ2n) is 8.20. The van der Waals surface area contributed by atoms with Crippen LogP contribution < -0.4 is 16.4 Å². The van der Waals surface area contributed by atoms with Crippen LogP contribution in [0.25, 0.3) is 10.9 Å². The second-order valence-corrected chi connectivity index (χ2v) is 8.20. The summed E-state index contributed by atoms with van der Waals surface area (Å²) in [5.74, 6) is -1.06. The van der Waals surface area contributed by atoms with Crippen molar-refractivity contribution in [2.75, 3.05) is 11.9 Å². The van der Waals surface area contributed by atoms with Crippen LogP contribution in [0.4, 0.5) is 19.7 Å². The number of urea groups is 1. The smallest absolute Gasteiger partial charge is 0.336 e. The zero-order valence-electron chi connectivity index (χ0n) is 17.9. The third kappa shape index (κ3) is 4.24. The van der Waals surface area contributed by atoms with Crippen molar-refractivity contribution in [3.63, 3.8) is 0 Å². The van der Waals surface area contributed by atoms with Gasteiger partial charge in [-0.15, -0.1) is 0 Å². The second kappa shape index (κ2) is 8.55. The largest absolute Gasteiger partial charge is 0.478 e. The molecule has 0 spiro atoms. The number of nitrogens with two attached hydrogens (primary N) is 1. The van der Waals surface area contributed by atoms with Gasteiger partial charge in [0.05, 0.1) is 29.0 Å². The predicted molar refractivity (Wildman–Crippen MR) is 121 cm³/mol. The molecule has 0 unspecified atom stereocenters. The molecule has 3 aromatic rings. The standard InChI is InChI=1S/C23H24FN5O4/c1-23(26-11-14-6-2-3-7-16(14)20(30)31)10-15(24)12-29(23)22(33)27-18-13-28(21(25)32)19-9-5-4-8-17(18)19/h2-9,13,15,26H,10-12H2,1H3,(H2,25,32)(H,27,33)(H,30,31)/t15-,23-/m1/s1. The normalized spacial score (nSPS) is 20.2. The average molecular weight is 453 g/mol. The van der Waals surface area contributed by atoms with E-state index in [0.717, 1.165) is 0 Å². The number of carboxylic acid groups (broad SMARTS) is 1. The molecule has 10 heteroatoms. The summed E-state index contributed by atoms with van der Waals surface area (Å²) in [4.78, 5) is 37.8. The maximum atomic E-state index is 14.4. The number of aromatic nitrogens is 1. The molecule has 0 bridgehead atoms. The zero-order chi connectivity index (χ0) is 23.8. The van der Waals surface area contributed by atoms with Gasteiger partial charge in [-0.1, -0.05) is 36.4 Å². The minimum absolute atomic E-state index is 0.0404. The van der Waals surface area contributed by atoms with Crippen LogP contribution in [0, 0.1) is 0 Å². The minimum Gasteiger partial charge on any atom is -0.478 e. The van der Waals surface area contributed by atoms with Crippen LogP contribution in [0.15, 0.2) is 54.7 Å². The molecule has 172 valence electrons. The lowest BCUT2D eigenvalue weighted by Gasteiger charge is -2.36. The van der Waals surface area contributed by atoms with Crippen molar-refractivity contribution >= 4 is 34.6 Å². The van der Waals surface area contributed by atoms with E-state index in [1.54, 1.807) is 49.4 Å². The van der Waals surface area contributed by atoms with Crippen molar-refractivity contribution in [1.82, 2.24) is 14.8 Å². The minimum atomic E-state index is -1.25. The molecule has 0 radical (unpaired) electrons. The molecule has 3 amide bonds. The van der Waals surface area contributed by atoms with Crippen LogP contribution in [0.3, 0.4) is 0 Å². The molecule has 1 saturated heterocycles. The van der Waals surface area contributed by atoms with Gasteiger partial charge in [0.1, 0.15) is 6.17 Å². The Bertz CT molecular complexity index is 1240. The van der Waals surface area contributed by atoms with Gasteiger partial charge < -0.3 is 21.1 Å². The van der Waals surface area contributed by atoms with Gasteiger partial charge in [-0.2, -0.15) is 0 Å². The summed E-state index contributed by atoms with van der Waals surface area (Å²) < 4.78 is 15.7. The molecule has 1 aliphatic rings. The van der Waals surface area contributed by atoms with Crippen molar-refractivity contribution in [1.29, 1.82) is 0 Å². The molecule has 33 heavy (non-hydrogen) atoms. The van der Waals surface area contributed by atoms with Gasteiger partial charge >= 0.3 is 18.0 Å². The fourth-order valence-electron chi connectivity index (χ4n) is 4.29. The summed E-state index contributed by atoms with van der Waals surface area (Å²) in [6, 6.07) is 12.2. The van der Waals surface area contributed by atoms with Crippen molar-refractivity contribution in [3.8, 4) is 0 Å². The van der Waals surface area contributed by atoms with E-state index >= 15 is 0 Å². The molecule has 2 aromatic carbocycles. The molecule has 1 aliphatic heterocycles. The number of amides is 3. The molecular formula is C23H24FN5O4. The summed E-state index contributed by atoms with van der Waals surface area (Å²) in [5, 5.41) is 15.9. The lowest BCUT2D eigenvalue weighted by molar-refractivity contribution is 0.0694. The molecule has 1 fully saturated rings. The lowest BCUT2D eigenvalue weighted by Crippen LogP contribution is -2.56. The Morgan fingerprint density at radius 2 is 1.88 bits per heavy atom. The highest BCUT2D eigenvalue weighted by molar-refractivity contribution is 6.04. The van der Waals surface area contributed by atoms with E-state index < -0.39 is 29.9 Å². The highest BCUT2D eigenvalue weighted by Gasteiger charge is 2.45. The number of carbonyl (C=O) groups is 3. The number of hydrogen-bond donors (Lipinski definition) is 4. The van der Waals surface area contributed by atoms with Gasteiger partial charge in [-0.05, 0) is 24.6 Å². The Kier molecular flexibility index (Phi) is 5.77. The number of alkyl halides is 1. The van der Waals surface area contributed by atoms with Crippen molar-refractivity contribution in [2.24, 2.45) is 5.73 Å². The van der Waals surface area contributed by atoms with Crippen LogP contribution in [-0.2, 0) is 6.54 Å². The fourth-order valence-corrected chi connectivity index (χ4v) is 4.29. The predicted octanol–water partition coefficient (Wildman–Crippen LogP) is 3.35. The van der Waals surface area contributed by atoms with Crippen molar-refractivity contribution in [2.45, 2.75) is 31.7 Å². The van der Waals surface area contributed by atoms with Gasteiger partial charge in [0.2, 0.25) is 0 Å². The third-order valence-electron chi connectivity index (χ3n) is 5.94. The number of fused-ring (bicyclic) bond motifs is 1. The number of benzene rings is 2. The monoisotopic (exact) mass is 453 g/mol. The number of carbonyl (C=O) groups excluding carboxylic acids is 2. The van der Waals surface area contributed by atoms with E-state index in [0.29, 0.717) is 22.2 Å². The average Bonchev–Trinajstić information content (AvgIpc) is 3.30. The number of likely N-dealkylation sites (tertiary alicyclic amines) is 1. The fraction of sp³-hybridized carbons (Fsp3) is 0.261. The summed E-state index contributed by atoms with van der Waals surface area (Å²) in [5.41, 5.74) is 5.95.